The fourth-order valence-electron chi connectivity index (χ4n) is 10.4. The minimum Gasteiger partial charge on any atom is -0.462 e. The summed E-state index contributed by atoms with van der Waals surface area (Å²) in [7, 11) is -9.89. The van der Waals surface area contributed by atoms with Crippen LogP contribution in [0.4, 0.5) is 0 Å². The Morgan fingerprint density at radius 3 is 0.773 bits per heavy atom. The number of hydrogen-bond acceptors (Lipinski definition) is 15. The first-order chi connectivity index (χ1) is 42.4. The molecule has 17 nitrogen and oxygen atoms in total. The van der Waals surface area contributed by atoms with E-state index in [1.807, 2.05) is 0 Å². The average Bonchev–Trinajstić information content (AvgIpc) is 3.58. The third-order valence-corrected chi connectivity index (χ3v) is 17.9. The van der Waals surface area contributed by atoms with E-state index in [1.54, 1.807) is 0 Å². The maximum atomic E-state index is 13.0. The second-order valence-corrected chi connectivity index (χ2v) is 28.8. The fourth-order valence-corrected chi connectivity index (χ4v) is 12.0. The van der Waals surface area contributed by atoms with Crippen molar-refractivity contribution in [2.24, 2.45) is 11.8 Å². The molecule has 0 saturated heterocycles. The standard InChI is InChI=1S/C69H134O17P2/c1-7-9-11-13-15-16-22-28-35-41-47-53-68(73)85-64(57-79-66(71)51-45-39-31-14-12-10-8-2)59-83-87(75,76)81-55-63(70)56-82-88(77,78)84-60-65(58-80-67(72)52-46-40-34-30-25-27-33-38-44-50-62(5)6)86-69(74)54-48-42-36-29-24-21-19-17-18-20-23-26-32-37-43-49-61(3)4/h61-65,70H,7-60H2,1-6H3,(H,75,76)(H,77,78)/t63-,64+,65+/m0/s1. The Hall–Kier alpha value is -1.94. The van der Waals surface area contributed by atoms with Crippen LogP contribution < -0.4 is 0 Å². The van der Waals surface area contributed by atoms with Crippen molar-refractivity contribution in [3.8, 4) is 0 Å². The summed E-state index contributed by atoms with van der Waals surface area (Å²) < 4.78 is 68.1. The third kappa shape index (κ3) is 62.8. The number of phosphoric acid groups is 2. The number of ether oxygens (including phenoxy) is 4. The van der Waals surface area contributed by atoms with Gasteiger partial charge in [0.1, 0.15) is 19.3 Å². The predicted octanol–water partition coefficient (Wildman–Crippen LogP) is 19.6. The number of phosphoric ester groups is 2. The zero-order chi connectivity index (χ0) is 65.0. The summed E-state index contributed by atoms with van der Waals surface area (Å²) in [5, 5.41) is 10.6. The molecule has 0 aromatic rings. The van der Waals surface area contributed by atoms with Crippen LogP contribution in [0.3, 0.4) is 0 Å². The molecule has 0 fully saturated rings. The monoisotopic (exact) mass is 1300 g/mol. The van der Waals surface area contributed by atoms with Gasteiger partial charge in [-0.15, -0.1) is 0 Å². The number of rotatable bonds is 68. The third-order valence-electron chi connectivity index (χ3n) is 16.0. The van der Waals surface area contributed by atoms with Crippen molar-refractivity contribution in [1.29, 1.82) is 0 Å². The molecule has 5 atom stereocenters. The van der Waals surface area contributed by atoms with E-state index in [-0.39, 0.29) is 25.7 Å². The summed E-state index contributed by atoms with van der Waals surface area (Å²) in [6.07, 6.45) is 45.9. The molecule has 0 saturated carbocycles. The van der Waals surface area contributed by atoms with Crippen molar-refractivity contribution in [3.63, 3.8) is 0 Å². The Morgan fingerprint density at radius 1 is 0.307 bits per heavy atom. The summed E-state index contributed by atoms with van der Waals surface area (Å²) in [6, 6.07) is 0. The van der Waals surface area contributed by atoms with E-state index >= 15 is 0 Å². The van der Waals surface area contributed by atoms with Crippen LogP contribution in [-0.4, -0.2) is 96.7 Å². The van der Waals surface area contributed by atoms with E-state index in [0.29, 0.717) is 25.7 Å². The van der Waals surface area contributed by atoms with Gasteiger partial charge in [0.25, 0.3) is 0 Å². The maximum absolute atomic E-state index is 13.0. The second kappa shape index (κ2) is 61.3. The van der Waals surface area contributed by atoms with Crippen molar-refractivity contribution >= 4 is 39.5 Å². The fraction of sp³-hybridized carbons (Fsp3) is 0.942. The second-order valence-electron chi connectivity index (χ2n) is 25.9. The molecule has 19 heteroatoms. The van der Waals surface area contributed by atoms with Crippen molar-refractivity contribution in [2.45, 2.75) is 368 Å². The van der Waals surface area contributed by atoms with Crippen LogP contribution in [0.1, 0.15) is 350 Å². The van der Waals surface area contributed by atoms with Gasteiger partial charge in [0.05, 0.1) is 26.4 Å². The lowest BCUT2D eigenvalue weighted by molar-refractivity contribution is -0.161. The van der Waals surface area contributed by atoms with Gasteiger partial charge in [0.2, 0.25) is 0 Å². The number of unbranched alkanes of at least 4 members (excludes halogenated alkanes) is 38. The first-order valence-electron chi connectivity index (χ1n) is 36.0. The molecular formula is C69H134O17P2. The Morgan fingerprint density at radius 2 is 0.523 bits per heavy atom. The molecule has 0 amide bonds. The van der Waals surface area contributed by atoms with E-state index in [9.17, 15) is 43.2 Å². The molecular weight excluding hydrogens is 1160 g/mol. The Bertz CT molecular complexity index is 1720. The molecule has 0 spiro atoms. The number of esters is 4. The molecule has 0 aliphatic carbocycles. The largest absolute Gasteiger partial charge is 0.472 e. The molecule has 0 heterocycles. The quantitative estimate of drug-likeness (QED) is 0.0222. The van der Waals surface area contributed by atoms with Gasteiger partial charge in [0, 0.05) is 25.7 Å². The molecule has 2 unspecified atom stereocenters. The smallest absolute Gasteiger partial charge is 0.462 e. The highest BCUT2D eigenvalue weighted by molar-refractivity contribution is 7.47. The van der Waals surface area contributed by atoms with Gasteiger partial charge in [-0.25, -0.2) is 9.13 Å². The van der Waals surface area contributed by atoms with Gasteiger partial charge in [-0.1, -0.05) is 298 Å². The van der Waals surface area contributed by atoms with Crippen molar-refractivity contribution < 1.29 is 80.2 Å². The SMILES string of the molecule is CCCCCCCCCCCCCC(=O)O[C@H](COC(=O)CCCCCCCCC)COP(=O)(O)OC[C@H](O)COP(=O)(O)OC[C@@H](COC(=O)CCCCCCCCCCCC(C)C)OC(=O)CCCCCCCCCCCCCCCCCC(C)C. The minimum atomic E-state index is -4.95. The lowest BCUT2D eigenvalue weighted by Gasteiger charge is -2.21. The van der Waals surface area contributed by atoms with Crippen LogP contribution >= 0.6 is 15.6 Å². The topological polar surface area (TPSA) is 237 Å². The Labute approximate surface area is 537 Å². The number of hydrogen-bond donors (Lipinski definition) is 3. The summed E-state index contributed by atoms with van der Waals surface area (Å²) in [4.78, 5) is 72.3. The molecule has 0 aliphatic heterocycles. The highest BCUT2D eigenvalue weighted by Crippen LogP contribution is 2.45. The lowest BCUT2D eigenvalue weighted by Crippen LogP contribution is -2.30. The first kappa shape index (κ1) is 86.1. The zero-order valence-corrected chi connectivity index (χ0v) is 58.8. The summed E-state index contributed by atoms with van der Waals surface area (Å²) in [5.41, 5.74) is 0. The number of carbonyl (C=O) groups excluding carboxylic acids is 4. The molecule has 0 aromatic carbocycles. The highest BCUT2D eigenvalue weighted by Gasteiger charge is 2.30. The molecule has 88 heavy (non-hydrogen) atoms. The maximum Gasteiger partial charge on any atom is 0.472 e. The molecule has 3 N–H and O–H groups in total. The first-order valence-corrected chi connectivity index (χ1v) is 39.0. The van der Waals surface area contributed by atoms with Crippen LogP contribution in [0.5, 0.6) is 0 Å². The summed E-state index contributed by atoms with van der Waals surface area (Å²) in [5.74, 6) is -0.583. The number of aliphatic hydroxyl groups excluding tert-OH is 1. The van der Waals surface area contributed by atoms with E-state index < -0.39 is 97.5 Å². The highest BCUT2D eigenvalue weighted by atomic mass is 31.2. The van der Waals surface area contributed by atoms with Crippen molar-refractivity contribution in [1.82, 2.24) is 0 Å². The number of aliphatic hydroxyl groups is 1. The average molecular weight is 1300 g/mol. The zero-order valence-electron chi connectivity index (χ0n) is 57.0. The van der Waals surface area contributed by atoms with E-state index in [0.717, 1.165) is 115 Å². The van der Waals surface area contributed by atoms with Crippen LogP contribution in [-0.2, 0) is 65.4 Å². The van der Waals surface area contributed by atoms with Gasteiger partial charge in [-0.05, 0) is 37.5 Å². The van der Waals surface area contributed by atoms with E-state index in [4.69, 9.17) is 37.0 Å². The van der Waals surface area contributed by atoms with Crippen molar-refractivity contribution in [3.05, 3.63) is 0 Å². The van der Waals surface area contributed by atoms with Crippen LogP contribution in [0.15, 0.2) is 0 Å². The lowest BCUT2D eigenvalue weighted by atomic mass is 10.0. The molecule has 0 aliphatic rings. The van der Waals surface area contributed by atoms with Gasteiger partial charge in [-0.2, -0.15) is 0 Å². The summed E-state index contributed by atoms with van der Waals surface area (Å²) in [6.45, 7) is 9.50. The van der Waals surface area contributed by atoms with Crippen LogP contribution in [0.2, 0.25) is 0 Å². The van der Waals surface area contributed by atoms with Crippen LogP contribution in [0.25, 0.3) is 0 Å². The van der Waals surface area contributed by atoms with Crippen molar-refractivity contribution in [2.75, 3.05) is 39.6 Å². The molecule has 0 bridgehead atoms. The van der Waals surface area contributed by atoms with Crippen LogP contribution in [0, 0.1) is 11.8 Å². The van der Waals surface area contributed by atoms with Gasteiger partial charge in [0.15, 0.2) is 12.2 Å². The molecule has 0 rings (SSSR count). The Kier molecular flexibility index (Phi) is 59.9. The molecule has 0 radical (unpaired) electrons. The van der Waals surface area contributed by atoms with Gasteiger partial charge < -0.3 is 33.8 Å². The van der Waals surface area contributed by atoms with E-state index in [1.165, 1.54) is 154 Å². The number of carbonyl (C=O) groups is 4. The Balaban J connectivity index is 5.19. The van der Waals surface area contributed by atoms with E-state index in [2.05, 4.69) is 41.5 Å². The normalized spacial score (nSPS) is 14.2. The van der Waals surface area contributed by atoms with Gasteiger partial charge >= 0.3 is 39.5 Å². The molecule has 522 valence electrons. The minimum absolute atomic E-state index is 0.106. The predicted molar refractivity (Wildman–Crippen MR) is 354 cm³/mol. The summed E-state index contributed by atoms with van der Waals surface area (Å²) >= 11 is 0. The van der Waals surface area contributed by atoms with Gasteiger partial charge in [-0.3, -0.25) is 37.3 Å². The molecule has 0 aromatic heterocycles.